The molecular formula is C18H15N2O+. The molecule has 3 nitrogen and oxygen atoms in total. The fourth-order valence-electron chi connectivity index (χ4n) is 2.86. The van der Waals surface area contributed by atoms with E-state index in [0.717, 1.165) is 27.6 Å². The van der Waals surface area contributed by atoms with Gasteiger partial charge < -0.3 is 4.42 Å². The first-order chi connectivity index (χ1) is 10.2. The van der Waals surface area contributed by atoms with Crippen LogP contribution in [0.4, 0.5) is 0 Å². The minimum atomic E-state index is 0.933. The molecule has 0 radical (unpaired) electrons. The normalized spacial score (nSPS) is 11.3. The fraction of sp³-hybridized carbons (Fsp3) is 0.111. The van der Waals surface area contributed by atoms with Gasteiger partial charge in [-0.15, -0.1) is 0 Å². The molecule has 2 aromatic carbocycles. The van der Waals surface area contributed by atoms with Crippen LogP contribution in [0.5, 0.6) is 0 Å². The van der Waals surface area contributed by atoms with Crippen molar-refractivity contribution in [3.05, 3.63) is 60.6 Å². The van der Waals surface area contributed by atoms with Crippen LogP contribution in [0.3, 0.4) is 0 Å². The van der Waals surface area contributed by atoms with Crippen LogP contribution in [-0.4, -0.2) is 4.98 Å². The van der Waals surface area contributed by atoms with E-state index in [1.54, 1.807) is 0 Å². The fourth-order valence-corrected chi connectivity index (χ4v) is 2.86. The molecule has 4 aromatic rings. The first-order valence-electron chi connectivity index (χ1n) is 6.96. The van der Waals surface area contributed by atoms with Gasteiger partial charge in [0.2, 0.25) is 0 Å². The van der Waals surface area contributed by atoms with Crippen molar-refractivity contribution in [3.8, 4) is 11.3 Å². The highest BCUT2D eigenvalue weighted by atomic mass is 16.3. The van der Waals surface area contributed by atoms with E-state index in [4.69, 9.17) is 4.42 Å². The molecule has 21 heavy (non-hydrogen) atoms. The topological polar surface area (TPSA) is 29.9 Å². The number of rotatable bonds is 1. The molecule has 0 aliphatic rings. The Balaban J connectivity index is 2.08. The van der Waals surface area contributed by atoms with Crippen molar-refractivity contribution < 1.29 is 8.98 Å². The lowest BCUT2D eigenvalue weighted by Gasteiger charge is -2.06. The first kappa shape index (κ1) is 12.1. The molecule has 3 heteroatoms. The molecule has 0 aliphatic heterocycles. The van der Waals surface area contributed by atoms with E-state index in [9.17, 15) is 0 Å². The Hall–Kier alpha value is -2.68. The molecular weight excluding hydrogens is 260 g/mol. The van der Waals surface area contributed by atoms with Gasteiger partial charge in [-0.1, -0.05) is 23.2 Å². The Morgan fingerprint density at radius 1 is 1.00 bits per heavy atom. The summed E-state index contributed by atoms with van der Waals surface area (Å²) in [7, 11) is 2.01. The second-order valence-electron chi connectivity index (χ2n) is 5.34. The minimum Gasteiger partial charge on any atom is -0.456 e. The molecule has 0 bridgehead atoms. The molecule has 0 saturated heterocycles. The van der Waals surface area contributed by atoms with Gasteiger partial charge in [-0.2, -0.15) is 0 Å². The summed E-state index contributed by atoms with van der Waals surface area (Å²) in [6.07, 6.45) is 3.65. The van der Waals surface area contributed by atoms with Gasteiger partial charge in [0.25, 0.3) is 6.33 Å². The Morgan fingerprint density at radius 2 is 1.86 bits per heavy atom. The van der Waals surface area contributed by atoms with Gasteiger partial charge in [-0.3, -0.25) is 0 Å². The van der Waals surface area contributed by atoms with E-state index in [2.05, 4.69) is 30.1 Å². The summed E-state index contributed by atoms with van der Waals surface area (Å²) >= 11 is 0. The molecule has 102 valence electrons. The van der Waals surface area contributed by atoms with E-state index >= 15 is 0 Å². The van der Waals surface area contributed by atoms with Crippen LogP contribution < -0.4 is 4.57 Å². The Bertz CT molecular complexity index is 969. The highest BCUT2D eigenvalue weighted by Gasteiger charge is 2.14. The number of hydrogen-bond acceptors (Lipinski definition) is 2. The second-order valence-corrected chi connectivity index (χ2v) is 5.34. The molecule has 0 amide bonds. The van der Waals surface area contributed by atoms with Crippen molar-refractivity contribution in [1.29, 1.82) is 0 Å². The quantitative estimate of drug-likeness (QED) is 0.495. The number of aromatic nitrogens is 2. The van der Waals surface area contributed by atoms with E-state index in [1.165, 1.54) is 11.1 Å². The summed E-state index contributed by atoms with van der Waals surface area (Å²) in [6, 6.07) is 14.5. The van der Waals surface area contributed by atoms with Crippen molar-refractivity contribution >= 4 is 21.9 Å². The number of hydrogen-bond donors (Lipinski definition) is 0. The zero-order valence-corrected chi connectivity index (χ0v) is 12.0. The summed E-state index contributed by atoms with van der Waals surface area (Å²) in [5.74, 6) is 0. The van der Waals surface area contributed by atoms with Crippen molar-refractivity contribution in [3.63, 3.8) is 0 Å². The van der Waals surface area contributed by atoms with Gasteiger partial charge >= 0.3 is 0 Å². The third kappa shape index (κ3) is 1.82. The highest BCUT2D eigenvalue weighted by Crippen LogP contribution is 2.33. The molecule has 0 aliphatic carbocycles. The second kappa shape index (κ2) is 4.42. The monoisotopic (exact) mass is 275 g/mol. The lowest BCUT2D eigenvalue weighted by atomic mass is 10.0. The number of para-hydroxylation sites is 1. The van der Waals surface area contributed by atoms with Crippen LogP contribution in [0.2, 0.25) is 0 Å². The Kier molecular flexibility index (Phi) is 2.54. The van der Waals surface area contributed by atoms with Crippen molar-refractivity contribution in [2.45, 2.75) is 6.92 Å². The highest BCUT2D eigenvalue weighted by molar-refractivity contribution is 6.06. The molecule has 0 N–H and O–H groups in total. The van der Waals surface area contributed by atoms with E-state index in [0.29, 0.717) is 0 Å². The first-order valence-corrected chi connectivity index (χ1v) is 6.96. The van der Waals surface area contributed by atoms with Gasteiger partial charge in [0.05, 0.1) is 7.05 Å². The average Bonchev–Trinajstić information content (AvgIpc) is 2.84. The zero-order valence-electron chi connectivity index (χ0n) is 12.0. The number of benzene rings is 2. The summed E-state index contributed by atoms with van der Waals surface area (Å²) in [6.45, 7) is 2.11. The van der Waals surface area contributed by atoms with Crippen LogP contribution in [0.25, 0.3) is 33.2 Å². The van der Waals surface area contributed by atoms with Gasteiger partial charge in [0.1, 0.15) is 23.1 Å². The van der Waals surface area contributed by atoms with E-state index in [-0.39, 0.29) is 0 Å². The van der Waals surface area contributed by atoms with Crippen LogP contribution in [0.1, 0.15) is 5.56 Å². The summed E-state index contributed by atoms with van der Waals surface area (Å²) < 4.78 is 7.97. The van der Waals surface area contributed by atoms with Crippen molar-refractivity contribution in [2.24, 2.45) is 7.05 Å². The van der Waals surface area contributed by atoms with Crippen molar-refractivity contribution in [2.75, 3.05) is 0 Å². The molecule has 0 fully saturated rings. The maximum absolute atomic E-state index is 5.94. The molecule has 2 heterocycles. The average molecular weight is 275 g/mol. The predicted octanol–water partition coefficient (Wildman–Crippen LogP) is 3.78. The SMILES string of the molecule is Cc1cc2oc3ccccc3c2cc1-c1ccnc[n+]1C. The number of furan rings is 1. The maximum atomic E-state index is 5.94. The lowest BCUT2D eigenvalue weighted by Crippen LogP contribution is -2.31. The molecule has 0 atom stereocenters. The molecule has 4 rings (SSSR count). The lowest BCUT2D eigenvalue weighted by molar-refractivity contribution is -0.663. The van der Waals surface area contributed by atoms with Gasteiger partial charge in [-0.25, -0.2) is 4.57 Å². The zero-order chi connectivity index (χ0) is 14.4. The molecule has 2 aromatic heterocycles. The van der Waals surface area contributed by atoms with Crippen LogP contribution in [0.15, 0.2) is 59.4 Å². The standard InChI is InChI=1S/C18H15N2O/c1-12-9-18-15(13-5-3-4-6-17(13)21-18)10-14(12)16-7-8-19-11-20(16)2/h3-11H,1-2H3/q+1. The Morgan fingerprint density at radius 3 is 2.71 bits per heavy atom. The van der Waals surface area contributed by atoms with Crippen LogP contribution in [-0.2, 0) is 7.05 Å². The van der Waals surface area contributed by atoms with E-state index in [1.807, 2.05) is 48.4 Å². The third-order valence-electron chi connectivity index (χ3n) is 3.94. The van der Waals surface area contributed by atoms with Gasteiger partial charge in [0.15, 0.2) is 0 Å². The summed E-state index contributed by atoms with van der Waals surface area (Å²) in [4.78, 5) is 4.15. The maximum Gasteiger partial charge on any atom is 0.286 e. The predicted molar refractivity (Wildman–Crippen MR) is 82.9 cm³/mol. The Labute approximate surface area is 122 Å². The van der Waals surface area contributed by atoms with E-state index < -0.39 is 0 Å². The van der Waals surface area contributed by atoms with Gasteiger partial charge in [0, 0.05) is 22.4 Å². The number of nitrogens with zero attached hydrogens (tertiary/aromatic N) is 2. The minimum absolute atomic E-state index is 0.933. The largest absolute Gasteiger partial charge is 0.456 e. The number of aryl methyl sites for hydroxylation is 2. The van der Waals surface area contributed by atoms with Gasteiger partial charge in [-0.05, 0) is 30.7 Å². The third-order valence-corrected chi connectivity index (χ3v) is 3.94. The smallest absolute Gasteiger partial charge is 0.286 e. The van der Waals surface area contributed by atoms with Crippen LogP contribution in [0, 0.1) is 6.92 Å². The molecule has 0 spiro atoms. The van der Waals surface area contributed by atoms with Crippen LogP contribution >= 0.6 is 0 Å². The number of fused-ring (bicyclic) bond motifs is 3. The molecule has 0 unspecified atom stereocenters. The summed E-state index contributed by atoms with van der Waals surface area (Å²) in [5, 5.41) is 2.31. The molecule has 0 saturated carbocycles. The van der Waals surface area contributed by atoms with Crippen molar-refractivity contribution in [1.82, 2.24) is 4.98 Å². The summed E-state index contributed by atoms with van der Waals surface area (Å²) in [5.41, 5.74) is 5.43.